The molecule has 1 aromatic carbocycles. The van der Waals surface area contributed by atoms with Crippen LogP contribution in [0, 0.1) is 12.8 Å². The van der Waals surface area contributed by atoms with E-state index in [9.17, 15) is 32.8 Å². The van der Waals surface area contributed by atoms with E-state index in [4.69, 9.17) is 14.2 Å². The van der Waals surface area contributed by atoms with Crippen molar-refractivity contribution in [3.63, 3.8) is 0 Å². The number of rotatable bonds is 14. The first-order valence-electron chi connectivity index (χ1n) is 18.3. The van der Waals surface area contributed by atoms with E-state index in [0.29, 0.717) is 30.0 Å². The third-order valence-electron chi connectivity index (χ3n) is 9.80. The largest absolute Gasteiger partial charge is 0.483 e. The minimum atomic E-state index is -2.95. The molecule has 0 bridgehead atoms. The first-order chi connectivity index (χ1) is 24.9. The molecule has 1 saturated carbocycles. The molecule has 2 aliphatic heterocycles. The Balaban J connectivity index is 1.29. The van der Waals surface area contributed by atoms with E-state index >= 15 is 0 Å². The maximum absolute atomic E-state index is 13.9. The SMILES string of the molecule is CCCCOC(=O)N1CCN(C(=O)C(CCC(=O)OCC2CCCC2)NC(=O)c2cc(OCC(=O)N3CCC(F)(F)C3)c3ccc(C)cc3n2)CC1. The molecule has 1 atom stereocenters. The molecule has 2 aromatic rings. The third-order valence-corrected chi connectivity index (χ3v) is 9.80. The number of piperazine rings is 1. The van der Waals surface area contributed by atoms with Crippen molar-refractivity contribution >= 4 is 40.7 Å². The molecular weight excluding hydrogens is 680 g/mol. The number of aryl methyl sites for hydroxylation is 1. The number of benzene rings is 1. The van der Waals surface area contributed by atoms with Crippen LogP contribution < -0.4 is 10.1 Å². The molecule has 13 nitrogen and oxygen atoms in total. The van der Waals surface area contributed by atoms with Crippen molar-refractivity contribution in [2.75, 3.05) is 59.1 Å². The Bertz CT molecular complexity index is 1610. The number of hydrogen-bond acceptors (Lipinski definition) is 9. The number of nitrogens with one attached hydrogen (secondary N) is 1. The summed E-state index contributed by atoms with van der Waals surface area (Å²) < 4.78 is 44.1. The second-order valence-corrected chi connectivity index (χ2v) is 13.9. The number of pyridine rings is 1. The summed E-state index contributed by atoms with van der Waals surface area (Å²) in [7, 11) is 0. The maximum atomic E-state index is 13.9. The molecule has 3 aliphatic rings. The number of aromatic nitrogens is 1. The summed E-state index contributed by atoms with van der Waals surface area (Å²) in [6.07, 6.45) is 4.89. The lowest BCUT2D eigenvalue weighted by molar-refractivity contribution is -0.145. The normalized spacial score (nSPS) is 18.0. The first kappa shape index (κ1) is 38.7. The average molecular weight is 730 g/mol. The van der Waals surface area contributed by atoms with Crippen LogP contribution in [0.3, 0.4) is 0 Å². The number of unbranched alkanes of at least 4 members (excludes halogenated alkanes) is 1. The number of carbonyl (C=O) groups is 5. The van der Waals surface area contributed by atoms with Crippen LogP contribution in [0.25, 0.3) is 10.9 Å². The second kappa shape index (κ2) is 17.8. The number of hydrogen-bond donors (Lipinski definition) is 1. The Labute approximate surface area is 302 Å². The van der Waals surface area contributed by atoms with Gasteiger partial charge in [-0.15, -0.1) is 0 Å². The lowest BCUT2D eigenvalue weighted by Crippen LogP contribution is -2.56. The molecular formula is C37H49F2N5O8. The highest BCUT2D eigenvalue weighted by atomic mass is 19.3. The Morgan fingerprint density at radius 2 is 1.71 bits per heavy atom. The van der Waals surface area contributed by atoms with Crippen LogP contribution >= 0.6 is 0 Å². The van der Waals surface area contributed by atoms with Crippen molar-refractivity contribution in [1.29, 1.82) is 0 Å². The van der Waals surface area contributed by atoms with Crippen molar-refractivity contribution in [2.24, 2.45) is 5.92 Å². The summed E-state index contributed by atoms with van der Waals surface area (Å²) in [5.74, 6) is -4.68. The molecule has 5 rings (SSSR count). The van der Waals surface area contributed by atoms with Gasteiger partial charge in [-0.2, -0.15) is 0 Å². The third kappa shape index (κ3) is 10.5. The Hall–Kier alpha value is -4.56. The number of nitrogens with zero attached hydrogens (tertiary/aromatic N) is 4. The van der Waals surface area contributed by atoms with Crippen molar-refractivity contribution in [3.8, 4) is 5.75 Å². The molecule has 52 heavy (non-hydrogen) atoms. The van der Waals surface area contributed by atoms with E-state index in [1.165, 1.54) is 11.0 Å². The van der Waals surface area contributed by atoms with E-state index in [0.717, 1.165) is 49.0 Å². The summed E-state index contributed by atoms with van der Waals surface area (Å²) in [5.41, 5.74) is 1.13. The molecule has 0 spiro atoms. The minimum absolute atomic E-state index is 0.0294. The standard InChI is InChI=1S/C37H49F2N5O8/c1-3-4-19-50-36(49)43-17-15-42(16-18-43)35(48)28(11-12-33(46)52-22-26-7-5-6-8-26)41-34(47)30-21-31(27-10-9-25(2)20-29(27)40-30)51-23-32(45)44-14-13-37(38,39)24-44/h9-10,20-21,26,28H,3-8,11-19,22-24H2,1-2H3,(H,41,47). The Kier molecular flexibility index (Phi) is 13.2. The fourth-order valence-electron chi connectivity index (χ4n) is 6.66. The predicted octanol–water partition coefficient (Wildman–Crippen LogP) is 4.48. The zero-order chi connectivity index (χ0) is 37.3. The van der Waals surface area contributed by atoms with Crippen molar-refractivity contribution in [2.45, 2.75) is 83.6 Å². The highest BCUT2D eigenvalue weighted by molar-refractivity contribution is 5.99. The van der Waals surface area contributed by atoms with Gasteiger partial charge in [0.05, 0.1) is 25.3 Å². The van der Waals surface area contributed by atoms with Gasteiger partial charge in [0.25, 0.3) is 17.7 Å². The molecule has 3 heterocycles. The number of halogens is 2. The molecule has 1 aliphatic carbocycles. The van der Waals surface area contributed by atoms with Gasteiger partial charge in [0.2, 0.25) is 5.91 Å². The van der Waals surface area contributed by atoms with Gasteiger partial charge >= 0.3 is 12.1 Å². The van der Waals surface area contributed by atoms with Crippen LogP contribution in [-0.4, -0.2) is 121 Å². The maximum Gasteiger partial charge on any atom is 0.409 e. The zero-order valence-corrected chi connectivity index (χ0v) is 30.0. The molecule has 4 amide bonds. The lowest BCUT2D eigenvalue weighted by Gasteiger charge is -2.36. The second-order valence-electron chi connectivity index (χ2n) is 13.9. The monoisotopic (exact) mass is 729 g/mol. The molecule has 15 heteroatoms. The Morgan fingerprint density at radius 1 is 0.981 bits per heavy atom. The van der Waals surface area contributed by atoms with Crippen LogP contribution in [0.1, 0.15) is 80.8 Å². The molecule has 284 valence electrons. The quantitative estimate of drug-likeness (QED) is 0.220. The van der Waals surface area contributed by atoms with E-state index in [1.807, 2.05) is 19.9 Å². The van der Waals surface area contributed by atoms with Gasteiger partial charge in [-0.05, 0) is 56.2 Å². The average Bonchev–Trinajstić information content (AvgIpc) is 3.80. The van der Waals surface area contributed by atoms with Crippen LogP contribution in [0.4, 0.5) is 13.6 Å². The van der Waals surface area contributed by atoms with Crippen LogP contribution in [0.15, 0.2) is 24.3 Å². The van der Waals surface area contributed by atoms with Gasteiger partial charge in [-0.3, -0.25) is 19.2 Å². The number of ether oxygens (including phenoxy) is 3. The summed E-state index contributed by atoms with van der Waals surface area (Å²) in [5, 5.41) is 3.26. The number of carbonyl (C=O) groups excluding carboxylic acids is 5. The molecule has 3 fully saturated rings. The Morgan fingerprint density at radius 3 is 2.40 bits per heavy atom. The molecule has 1 N–H and O–H groups in total. The fraction of sp³-hybridized carbons (Fsp3) is 0.622. The fourth-order valence-corrected chi connectivity index (χ4v) is 6.66. The van der Waals surface area contributed by atoms with Gasteiger partial charge in [0.1, 0.15) is 17.5 Å². The highest BCUT2D eigenvalue weighted by Gasteiger charge is 2.40. The molecule has 1 unspecified atom stereocenters. The van der Waals surface area contributed by atoms with E-state index < -0.39 is 61.3 Å². The summed E-state index contributed by atoms with van der Waals surface area (Å²) in [4.78, 5) is 74.3. The molecule has 1 aromatic heterocycles. The van der Waals surface area contributed by atoms with Crippen LogP contribution in [0.2, 0.25) is 0 Å². The minimum Gasteiger partial charge on any atom is -0.483 e. The summed E-state index contributed by atoms with van der Waals surface area (Å²) >= 11 is 0. The number of likely N-dealkylation sites (tertiary alicyclic amines) is 1. The van der Waals surface area contributed by atoms with Crippen molar-refractivity contribution in [1.82, 2.24) is 25.0 Å². The first-order valence-corrected chi connectivity index (χ1v) is 18.3. The lowest BCUT2D eigenvalue weighted by atomic mass is 10.1. The number of fused-ring (bicyclic) bond motifs is 1. The van der Waals surface area contributed by atoms with Crippen molar-refractivity contribution < 1.29 is 47.0 Å². The summed E-state index contributed by atoms with van der Waals surface area (Å²) in [6.45, 7) is 4.13. The van der Waals surface area contributed by atoms with E-state index in [2.05, 4.69) is 10.3 Å². The molecule has 2 saturated heterocycles. The number of amides is 4. The smallest absolute Gasteiger partial charge is 0.409 e. The van der Waals surface area contributed by atoms with Gasteiger partial charge in [0, 0.05) is 57.0 Å². The van der Waals surface area contributed by atoms with Gasteiger partial charge in [-0.25, -0.2) is 18.6 Å². The van der Waals surface area contributed by atoms with Crippen molar-refractivity contribution in [3.05, 3.63) is 35.5 Å². The predicted molar refractivity (Wildman–Crippen MR) is 186 cm³/mol. The van der Waals surface area contributed by atoms with Gasteiger partial charge in [-0.1, -0.05) is 32.3 Å². The van der Waals surface area contributed by atoms with Gasteiger partial charge < -0.3 is 34.2 Å². The topological polar surface area (TPSA) is 148 Å². The van der Waals surface area contributed by atoms with Crippen LogP contribution in [0.5, 0.6) is 5.75 Å². The number of esters is 1. The van der Waals surface area contributed by atoms with E-state index in [1.54, 1.807) is 17.0 Å². The molecule has 0 radical (unpaired) electrons. The van der Waals surface area contributed by atoms with E-state index in [-0.39, 0.29) is 57.0 Å². The van der Waals surface area contributed by atoms with Crippen LogP contribution in [-0.2, 0) is 23.9 Å². The van der Waals surface area contributed by atoms with Gasteiger partial charge in [0.15, 0.2) is 6.61 Å². The highest BCUT2D eigenvalue weighted by Crippen LogP contribution is 2.29. The summed E-state index contributed by atoms with van der Waals surface area (Å²) in [6, 6.07) is 5.50. The number of alkyl halides is 2. The zero-order valence-electron chi connectivity index (χ0n) is 30.0.